The molecule has 10 heteroatoms. The van der Waals surface area contributed by atoms with Gasteiger partial charge in [-0.1, -0.05) is 11.3 Å². The van der Waals surface area contributed by atoms with Gasteiger partial charge in [0.25, 0.3) is 5.91 Å². The second-order valence-electron chi connectivity index (χ2n) is 7.43. The van der Waals surface area contributed by atoms with Gasteiger partial charge in [-0.25, -0.2) is 9.37 Å². The Morgan fingerprint density at radius 2 is 1.91 bits per heavy atom. The summed E-state index contributed by atoms with van der Waals surface area (Å²) in [5.74, 6) is 0.653. The van der Waals surface area contributed by atoms with E-state index in [4.69, 9.17) is 14.2 Å². The molecule has 178 valence electrons. The second-order valence-corrected chi connectivity index (χ2v) is 8.43. The van der Waals surface area contributed by atoms with Gasteiger partial charge < -0.3 is 14.2 Å². The maximum absolute atomic E-state index is 13.1. The van der Waals surface area contributed by atoms with Crippen molar-refractivity contribution in [2.75, 3.05) is 58.0 Å². The average Bonchev–Trinajstić information content (AvgIpc) is 3.24. The van der Waals surface area contributed by atoms with Crippen LogP contribution in [0.5, 0.6) is 11.5 Å². The number of carbonyl (C=O) groups excluding carboxylic acids is 1. The molecule has 3 aromatic rings. The minimum Gasteiger partial charge on any atom is -0.497 e. The van der Waals surface area contributed by atoms with Gasteiger partial charge in [0, 0.05) is 26.2 Å². The van der Waals surface area contributed by atoms with E-state index in [-0.39, 0.29) is 30.7 Å². The number of ether oxygens (including phenoxy) is 3. The highest BCUT2D eigenvalue weighted by Gasteiger charge is 2.21. The quantitative estimate of drug-likeness (QED) is 0.447. The van der Waals surface area contributed by atoms with Gasteiger partial charge in [-0.2, -0.15) is 0 Å². The first-order valence-corrected chi connectivity index (χ1v) is 11.4. The Morgan fingerprint density at radius 1 is 1.18 bits per heavy atom. The Morgan fingerprint density at radius 3 is 2.64 bits per heavy atom. The van der Waals surface area contributed by atoms with Crippen molar-refractivity contribution in [1.82, 2.24) is 9.88 Å². The van der Waals surface area contributed by atoms with Crippen molar-refractivity contribution in [3.05, 3.63) is 48.3 Å². The first-order chi connectivity index (χ1) is 15.6. The number of benzene rings is 2. The molecule has 1 aromatic heterocycles. The van der Waals surface area contributed by atoms with Crippen LogP contribution in [-0.2, 0) is 9.53 Å². The molecule has 7 nitrogen and oxygen atoms in total. The van der Waals surface area contributed by atoms with Crippen molar-refractivity contribution >= 4 is 45.0 Å². The molecule has 0 saturated carbocycles. The van der Waals surface area contributed by atoms with Crippen LogP contribution < -0.4 is 14.4 Å². The van der Waals surface area contributed by atoms with E-state index in [1.165, 1.54) is 35.6 Å². The van der Waals surface area contributed by atoms with Crippen LogP contribution >= 0.6 is 23.7 Å². The smallest absolute Gasteiger partial charge is 0.266 e. The summed E-state index contributed by atoms with van der Waals surface area (Å²) in [7, 11) is 1.62. The molecule has 2 aromatic carbocycles. The van der Waals surface area contributed by atoms with Crippen LogP contribution in [0.4, 0.5) is 9.52 Å². The molecule has 1 saturated heterocycles. The van der Waals surface area contributed by atoms with Gasteiger partial charge in [-0.15, -0.1) is 12.4 Å². The predicted octanol–water partition coefficient (Wildman–Crippen LogP) is 4.00. The lowest BCUT2D eigenvalue weighted by atomic mass is 10.3. The summed E-state index contributed by atoms with van der Waals surface area (Å²) < 4.78 is 30.4. The van der Waals surface area contributed by atoms with Gasteiger partial charge in [0.1, 0.15) is 17.3 Å². The number of methoxy groups -OCH3 is 1. The molecule has 0 N–H and O–H groups in total. The Bertz CT molecular complexity index is 1040. The van der Waals surface area contributed by atoms with Gasteiger partial charge in [-0.05, 0) is 48.9 Å². The molecule has 0 atom stereocenters. The minimum absolute atomic E-state index is 0. The number of anilines is 1. The summed E-state index contributed by atoms with van der Waals surface area (Å²) in [5, 5.41) is 0.628. The molecule has 1 aliphatic heterocycles. The standard InChI is InChI=1S/C23H26FN3O4S.ClH/c1-29-19-7-8-20-21(15-19)32-23(25-20)27(10-2-9-26-11-13-30-14-12-26)22(28)16-31-18-5-3-17(24)4-6-18;/h3-8,15H,2,9-14,16H2,1H3;1H. The molecule has 4 rings (SSSR count). The Hall–Kier alpha value is -2.46. The first kappa shape index (κ1) is 25.2. The maximum atomic E-state index is 13.1. The molecule has 0 aliphatic carbocycles. The highest BCUT2D eigenvalue weighted by molar-refractivity contribution is 7.22. The van der Waals surface area contributed by atoms with Crippen molar-refractivity contribution in [3.8, 4) is 11.5 Å². The van der Waals surface area contributed by atoms with Crippen LogP contribution in [0.3, 0.4) is 0 Å². The lowest BCUT2D eigenvalue weighted by molar-refractivity contribution is -0.120. The highest BCUT2D eigenvalue weighted by atomic mass is 35.5. The molecule has 0 radical (unpaired) electrons. The van der Waals surface area contributed by atoms with E-state index < -0.39 is 0 Å². The number of fused-ring (bicyclic) bond motifs is 1. The van der Waals surface area contributed by atoms with Crippen molar-refractivity contribution < 1.29 is 23.4 Å². The van der Waals surface area contributed by atoms with E-state index in [9.17, 15) is 9.18 Å². The van der Waals surface area contributed by atoms with Crippen LogP contribution in [-0.4, -0.2) is 68.9 Å². The van der Waals surface area contributed by atoms with Gasteiger partial charge in [0.05, 0.1) is 30.5 Å². The van der Waals surface area contributed by atoms with Gasteiger partial charge in [0.15, 0.2) is 11.7 Å². The van der Waals surface area contributed by atoms with Gasteiger partial charge in [-0.3, -0.25) is 14.6 Å². The SMILES string of the molecule is COc1ccc2nc(N(CCCN3CCOCC3)C(=O)COc3ccc(F)cc3)sc2c1.Cl. The van der Waals surface area contributed by atoms with Crippen molar-refractivity contribution in [2.45, 2.75) is 6.42 Å². The summed E-state index contributed by atoms with van der Waals surface area (Å²) in [6.07, 6.45) is 0.807. The fourth-order valence-corrected chi connectivity index (χ4v) is 4.53. The second kappa shape index (κ2) is 12.1. The van der Waals surface area contributed by atoms with Crippen LogP contribution in [0.25, 0.3) is 10.2 Å². The minimum atomic E-state index is -0.349. The van der Waals surface area contributed by atoms with Crippen molar-refractivity contribution in [1.29, 1.82) is 0 Å². The van der Waals surface area contributed by atoms with Crippen molar-refractivity contribution in [2.24, 2.45) is 0 Å². The third kappa shape index (κ3) is 6.77. The molecule has 1 amide bonds. The number of nitrogens with zero attached hydrogens (tertiary/aromatic N) is 3. The zero-order chi connectivity index (χ0) is 22.3. The molecule has 0 unspecified atom stereocenters. The zero-order valence-electron chi connectivity index (χ0n) is 18.4. The van der Waals surface area contributed by atoms with E-state index in [0.717, 1.165) is 55.2 Å². The van der Waals surface area contributed by atoms with E-state index in [2.05, 4.69) is 9.88 Å². The Labute approximate surface area is 202 Å². The van der Waals surface area contributed by atoms with E-state index in [0.29, 0.717) is 17.4 Å². The van der Waals surface area contributed by atoms with Crippen LogP contribution in [0.15, 0.2) is 42.5 Å². The van der Waals surface area contributed by atoms with E-state index in [1.807, 2.05) is 18.2 Å². The number of morpholine rings is 1. The molecule has 1 aliphatic rings. The highest BCUT2D eigenvalue weighted by Crippen LogP contribution is 2.31. The molecule has 1 fully saturated rings. The normalized spacial score (nSPS) is 14.0. The lowest BCUT2D eigenvalue weighted by Crippen LogP contribution is -2.40. The fourth-order valence-electron chi connectivity index (χ4n) is 3.49. The van der Waals surface area contributed by atoms with Gasteiger partial charge in [0.2, 0.25) is 0 Å². The third-order valence-electron chi connectivity index (χ3n) is 5.25. The topological polar surface area (TPSA) is 64.1 Å². The Balaban J connectivity index is 0.00000306. The largest absolute Gasteiger partial charge is 0.497 e. The summed E-state index contributed by atoms with van der Waals surface area (Å²) in [6.45, 7) is 4.56. The molecular weight excluding hydrogens is 469 g/mol. The first-order valence-electron chi connectivity index (χ1n) is 10.6. The summed E-state index contributed by atoms with van der Waals surface area (Å²) in [6, 6.07) is 11.3. The number of halogens is 2. The number of aromatic nitrogens is 1. The monoisotopic (exact) mass is 495 g/mol. The number of carbonyl (C=O) groups is 1. The van der Waals surface area contributed by atoms with Crippen LogP contribution in [0.2, 0.25) is 0 Å². The van der Waals surface area contributed by atoms with Gasteiger partial charge >= 0.3 is 0 Å². The predicted molar refractivity (Wildman–Crippen MR) is 130 cm³/mol. The summed E-state index contributed by atoms with van der Waals surface area (Å²) in [4.78, 5) is 21.8. The zero-order valence-corrected chi connectivity index (χ0v) is 20.0. The summed E-state index contributed by atoms with van der Waals surface area (Å²) in [5.41, 5.74) is 0.816. The number of hydrogen-bond donors (Lipinski definition) is 0. The average molecular weight is 496 g/mol. The lowest BCUT2D eigenvalue weighted by Gasteiger charge is -2.27. The number of amides is 1. The van der Waals surface area contributed by atoms with E-state index in [1.54, 1.807) is 12.0 Å². The maximum Gasteiger partial charge on any atom is 0.266 e. The van der Waals surface area contributed by atoms with Crippen molar-refractivity contribution in [3.63, 3.8) is 0 Å². The molecule has 0 spiro atoms. The molecular formula is C23H27ClFN3O4S. The van der Waals surface area contributed by atoms with Crippen LogP contribution in [0, 0.1) is 5.82 Å². The number of rotatable bonds is 9. The number of thiazole rings is 1. The Kier molecular flexibility index (Phi) is 9.25. The summed E-state index contributed by atoms with van der Waals surface area (Å²) >= 11 is 1.45. The third-order valence-corrected chi connectivity index (χ3v) is 6.29. The fraction of sp³-hybridized carbons (Fsp3) is 0.391. The molecule has 2 heterocycles. The van der Waals surface area contributed by atoms with Crippen LogP contribution in [0.1, 0.15) is 6.42 Å². The number of hydrogen-bond acceptors (Lipinski definition) is 7. The molecule has 0 bridgehead atoms. The molecule has 33 heavy (non-hydrogen) atoms. The van der Waals surface area contributed by atoms with E-state index >= 15 is 0 Å².